The van der Waals surface area contributed by atoms with Crippen molar-refractivity contribution < 1.29 is 4.74 Å². The molecule has 0 bridgehead atoms. The summed E-state index contributed by atoms with van der Waals surface area (Å²) in [6.45, 7) is 3.01. The molecule has 2 unspecified atom stereocenters. The maximum absolute atomic E-state index is 5.30. The molecule has 1 aliphatic rings. The summed E-state index contributed by atoms with van der Waals surface area (Å²) in [7, 11) is 0.511. The number of methoxy groups -OCH3 is 1. The fraction of sp³-hybridized carbons (Fsp3) is 0.163. The summed E-state index contributed by atoms with van der Waals surface area (Å²) in [5.41, 5.74) is 8.10. The number of hydrogen-bond donors (Lipinski definition) is 2. The van der Waals surface area contributed by atoms with Crippen molar-refractivity contribution in [1.82, 2.24) is 0 Å². The number of fused-ring (bicyclic) bond motifs is 3. The second-order valence-electron chi connectivity index (χ2n) is 12.0. The molecular weight excluding hydrogens is 597 g/mol. The zero-order valence-electron chi connectivity index (χ0n) is 26.7. The molecule has 46 heavy (non-hydrogen) atoms. The zero-order valence-corrected chi connectivity index (χ0v) is 28.5. The first kappa shape index (κ1) is 30.6. The summed E-state index contributed by atoms with van der Waals surface area (Å²) >= 11 is 0. The Bertz CT molecular complexity index is 1900. The lowest BCUT2D eigenvalue weighted by atomic mass is 10.0. The van der Waals surface area contributed by atoms with Gasteiger partial charge in [-0.1, -0.05) is 98.3 Å². The summed E-state index contributed by atoms with van der Waals surface area (Å²) in [5.74, 6) is 0. The van der Waals surface area contributed by atoms with Crippen LogP contribution in [-0.4, -0.2) is 13.7 Å². The van der Waals surface area contributed by atoms with E-state index in [4.69, 9.17) is 4.74 Å². The molecule has 0 saturated heterocycles. The van der Waals surface area contributed by atoms with Crippen LogP contribution in [-0.2, 0) is 17.6 Å². The molecule has 3 heteroatoms. The van der Waals surface area contributed by atoms with Crippen LogP contribution < -0.4 is 0 Å². The van der Waals surface area contributed by atoms with Crippen molar-refractivity contribution >= 4 is 21.8 Å². The normalized spacial score (nSPS) is 15.3. The highest BCUT2D eigenvalue weighted by molar-refractivity contribution is 8.17. The van der Waals surface area contributed by atoms with Crippen LogP contribution in [0.3, 0.4) is 0 Å². The summed E-state index contributed by atoms with van der Waals surface area (Å²) in [5, 5.41) is 0. The number of unbranched alkanes of at least 4 members (excludes halogenated alkanes) is 1. The molecule has 2 atom stereocenters. The van der Waals surface area contributed by atoms with Gasteiger partial charge in [0, 0.05) is 16.9 Å². The Morgan fingerprint density at radius 1 is 0.543 bits per heavy atom. The van der Waals surface area contributed by atoms with Crippen LogP contribution in [0.1, 0.15) is 30.9 Å². The minimum Gasteiger partial charge on any atom is -0.384 e. The summed E-state index contributed by atoms with van der Waals surface area (Å²) in [6, 6.07) is 55.2. The van der Waals surface area contributed by atoms with Crippen LogP contribution in [0.4, 0.5) is 0 Å². The highest BCUT2D eigenvalue weighted by Crippen LogP contribution is 2.63. The molecular formula is C43H42OS2. The quantitative estimate of drug-likeness (QED) is 0.134. The Hall–Kier alpha value is -4.02. The van der Waals surface area contributed by atoms with Crippen molar-refractivity contribution in [3.05, 3.63) is 157 Å². The van der Waals surface area contributed by atoms with Gasteiger partial charge in [0.15, 0.2) is 0 Å². The molecule has 0 aliphatic carbocycles. The fourth-order valence-electron chi connectivity index (χ4n) is 6.48. The Morgan fingerprint density at radius 3 is 1.85 bits per heavy atom. The second kappa shape index (κ2) is 14.2. The minimum absolute atomic E-state index is 0.592. The lowest BCUT2D eigenvalue weighted by Crippen LogP contribution is -1.95. The molecule has 0 radical (unpaired) electrons. The topological polar surface area (TPSA) is 9.23 Å². The molecule has 1 heterocycles. The lowest BCUT2D eigenvalue weighted by molar-refractivity contribution is 0.202. The highest BCUT2D eigenvalue weighted by Gasteiger charge is 2.27. The van der Waals surface area contributed by atoms with Gasteiger partial charge in [-0.05, 0) is 133 Å². The van der Waals surface area contributed by atoms with E-state index in [9.17, 15) is 0 Å². The Balaban J connectivity index is 1.22. The van der Waals surface area contributed by atoms with Gasteiger partial charge in [-0.15, -0.1) is 0 Å². The monoisotopic (exact) mass is 638 g/mol. The number of benzene rings is 6. The number of thiol groups is 2. The lowest BCUT2D eigenvalue weighted by Gasteiger charge is -2.24. The molecule has 0 aromatic heterocycles. The van der Waals surface area contributed by atoms with Crippen LogP contribution in [0, 0.1) is 0 Å². The number of ether oxygens (including phenoxy) is 1. The van der Waals surface area contributed by atoms with E-state index < -0.39 is 21.8 Å². The fourth-order valence-corrected chi connectivity index (χ4v) is 11.4. The third kappa shape index (κ3) is 6.33. The summed E-state index contributed by atoms with van der Waals surface area (Å²) < 4.78 is 5.30. The van der Waals surface area contributed by atoms with E-state index in [0.29, 0.717) is 0 Å². The van der Waals surface area contributed by atoms with E-state index in [0.717, 1.165) is 19.4 Å². The summed E-state index contributed by atoms with van der Waals surface area (Å²) in [6.07, 6.45) is 4.58. The molecule has 6 aromatic rings. The molecule has 1 nitrogen and oxygen atoms in total. The molecule has 7 rings (SSSR count). The predicted molar refractivity (Wildman–Crippen MR) is 198 cm³/mol. The average Bonchev–Trinajstić information content (AvgIpc) is 3.45. The largest absolute Gasteiger partial charge is 0.384 e. The minimum atomic E-state index is -0.661. The van der Waals surface area contributed by atoms with Gasteiger partial charge in [-0.25, -0.2) is 0 Å². The molecule has 0 fully saturated rings. The maximum Gasteiger partial charge on any atom is 0.0502 e. The Labute approximate surface area is 280 Å². The van der Waals surface area contributed by atoms with Gasteiger partial charge in [0.2, 0.25) is 0 Å². The molecule has 0 amide bonds. The van der Waals surface area contributed by atoms with Crippen LogP contribution in [0.25, 0.3) is 22.3 Å². The van der Waals surface area contributed by atoms with Crippen LogP contribution in [0.15, 0.2) is 175 Å². The van der Waals surface area contributed by atoms with Crippen molar-refractivity contribution in [3.8, 4) is 22.3 Å². The molecule has 232 valence electrons. The smallest absolute Gasteiger partial charge is 0.0502 e. The molecule has 6 aromatic carbocycles. The average molecular weight is 639 g/mol. The van der Waals surface area contributed by atoms with Gasteiger partial charge in [0.05, 0.1) is 6.61 Å². The van der Waals surface area contributed by atoms with E-state index in [1.54, 1.807) is 7.11 Å². The zero-order chi connectivity index (χ0) is 31.3. The van der Waals surface area contributed by atoms with Crippen LogP contribution in [0.2, 0.25) is 0 Å². The van der Waals surface area contributed by atoms with Crippen molar-refractivity contribution in [2.24, 2.45) is 0 Å². The van der Waals surface area contributed by atoms with Gasteiger partial charge >= 0.3 is 0 Å². The van der Waals surface area contributed by atoms with Crippen molar-refractivity contribution in [1.29, 1.82) is 0 Å². The predicted octanol–water partition coefficient (Wildman–Crippen LogP) is 11.8. The van der Waals surface area contributed by atoms with E-state index in [2.05, 4.69) is 153 Å². The maximum atomic E-state index is 5.30. The SMILES string of the molecule is CCCCc1ccc([SH]2c3ccccc3-c3ccc(-c4ccc([SH](c5ccccc5)c5ccc(CCOC)cc5)cc4)cc32)cc1. The molecule has 0 saturated carbocycles. The standard InChI is InChI=1S/C43H42OS2/c1-3-4-10-32-15-24-39(25-16-32)46-42-14-9-8-13-40(42)41-28-21-35(31-43(41)46)34-19-26-38(27-20-34)45(36-11-6-5-7-12-36)37-22-17-33(18-23-37)29-30-44-2/h5-9,11-28,31,45-46H,3-4,10,29-30H2,1-2H3. The highest BCUT2D eigenvalue weighted by atomic mass is 32.2. The van der Waals surface area contributed by atoms with Crippen molar-refractivity contribution in [2.75, 3.05) is 13.7 Å². The van der Waals surface area contributed by atoms with E-state index in [1.807, 2.05) is 0 Å². The third-order valence-corrected chi connectivity index (χ3v) is 13.9. The van der Waals surface area contributed by atoms with Gasteiger partial charge in [-0.2, -0.15) is 21.8 Å². The van der Waals surface area contributed by atoms with Crippen molar-refractivity contribution in [2.45, 2.75) is 62.0 Å². The molecule has 0 spiro atoms. The van der Waals surface area contributed by atoms with Gasteiger partial charge < -0.3 is 4.74 Å². The van der Waals surface area contributed by atoms with Gasteiger partial charge in [-0.3, -0.25) is 0 Å². The molecule has 0 N–H and O–H groups in total. The number of rotatable bonds is 11. The molecule has 1 aliphatic heterocycles. The first-order chi connectivity index (χ1) is 22.7. The van der Waals surface area contributed by atoms with E-state index in [1.165, 1.54) is 75.6 Å². The van der Waals surface area contributed by atoms with E-state index >= 15 is 0 Å². The van der Waals surface area contributed by atoms with Crippen LogP contribution in [0.5, 0.6) is 0 Å². The van der Waals surface area contributed by atoms with Crippen molar-refractivity contribution in [3.63, 3.8) is 0 Å². The Morgan fingerprint density at radius 2 is 1.13 bits per heavy atom. The first-order valence-corrected chi connectivity index (χ1v) is 19.1. The number of aryl methyl sites for hydroxylation is 1. The van der Waals surface area contributed by atoms with Crippen LogP contribution >= 0.6 is 21.8 Å². The van der Waals surface area contributed by atoms with Gasteiger partial charge in [0.25, 0.3) is 0 Å². The van der Waals surface area contributed by atoms with E-state index in [-0.39, 0.29) is 0 Å². The number of hydrogen-bond acceptors (Lipinski definition) is 1. The third-order valence-electron chi connectivity index (χ3n) is 8.95. The second-order valence-corrected chi connectivity index (χ2v) is 16.4. The Kier molecular flexibility index (Phi) is 9.44. The first-order valence-electron chi connectivity index (χ1n) is 16.4. The van der Waals surface area contributed by atoms with Gasteiger partial charge in [0.1, 0.15) is 0 Å². The summed E-state index contributed by atoms with van der Waals surface area (Å²) in [4.78, 5) is 8.50.